The number of carbonyl (C=O) groups excluding carboxylic acids is 1. The molecular formula is C23H26N6O. The molecule has 1 saturated heterocycles. The van der Waals surface area contributed by atoms with Gasteiger partial charge in [0.2, 0.25) is 11.9 Å². The van der Waals surface area contributed by atoms with E-state index in [4.69, 9.17) is 0 Å². The van der Waals surface area contributed by atoms with Crippen molar-refractivity contribution < 1.29 is 4.79 Å². The SMILES string of the molecule is CNC(=O)c1cccc(Nc2ncnc(N3CCC(Cc4ccccc4)CC3)n2)c1. The largest absolute Gasteiger partial charge is 0.355 e. The van der Waals surface area contributed by atoms with E-state index in [-0.39, 0.29) is 5.91 Å². The van der Waals surface area contributed by atoms with E-state index < -0.39 is 0 Å². The summed E-state index contributed by atoms with van der Waals surface area (Å²) >= 11 is 0. The Hall–Kier alpha value is -3.48. The average Bonchev–Trinajstić information content (AvgIpc) is 2.80. The highest BCUT2D eigenvalue weighted by Crippen LogP contribution is 2.24. The summed E-state index contributed by atoms with van der Waals surface area (Å²) in [6.07, 6.45) is 4.90. The number of amides is 1. The number of hydrogen-bond donors (Lipinski definition) is 2. The molecule has 0 atom stereocenters. The summed E-state index contributed by atoms with van der Waals surface area (Å²) < 4.78 is 0. The van der Waals surface area contributed by atoms with Crippen LogP contribution in [0.4, 0.5) is 17.6 Å². The second kappa shape index (κ2) is 9.35. The highest BCUT2D eigenvalue weighted by Gasteiger charge is 2.21. The highest BCUT2D eigenvalue weighted by molar-refractivity contribution is 5.95. The van der Waals surface area contributed by atoms with Gasteiger partial charge in [-0.15, -0.1) is 0 Å². The Labute approximate surface area is 176 Å². The van der Waals surface area contributed by atoms with Crippen molar-refractivity contribution in [3.8, 4) is 0 Å². The molecule has 1 fully saturated rings. The van der Waals surface area contributed by atoms with Gasteiger partial charge in [0.25, 0.3) is 5.91 Å². The maximum atomic E-state index is 11.8. The Bertz CT molecular complexity index is 986. The molecule has 0 unspecified atom stereocenters. The average molecular weight is 403 g/mol. The first-order valence-corrected chi connectivity index (χ1v) is 10.3. The zero-order chi connectivity index (χ0) is 20.8. The Balaban J connectivity index is 1.38. The molecule has 2 N–H and O–H groups in total. The quantitative estimate of drug-likeness (QED) is 0.657. The minimum absolute atomic E-state index is 0.131. The van der Waals surface area contributed by atoms with Gasteiger partial charge in [-0.1, -0.05) is 36.4 Å². The van der Waals surface area contributed by atoms with E-state index in [0.717, 1.165) is 38.0 Å². The number of nitrogens with zero attached hydrogens (tertiary/aromatic N) is 4. The number of anilines is 3. The van der Waals surface area contributed by atoms with Crippen molar-refractivity contribution in [1.82, 2.24) is 20.3 Å². The summed E-state index contributed by atoms with van der Waals surface area (Å²) in [5.74, 6) is 1.72. The Morgan fingerprint density at radius 1 is 1.07 bits per heavy atom. The summed E-state index contributed by atoms with van der Waals surface area (Å²) in [7, 11) is 1.61. The molecule has 0 radical (unpaired) electrons. The second-order valence-electron chi connectivity index (χ2n) is 7.51. The van der Waals surface area contributed by atoms with E-state index in [1.54, 1.807) is 19.2 Å². The molecule has 1 aromatic heterocycles. The van der Waals surface area contributed by atoms with E-state index >= 15 is 0 Å². The Morgan fingerprint density at radius 2 is 1.87 bits per heavy atom. The van der Waals surface area contributed by atoms with Gasteiger partial charge in [-0.2, -0.15) is 4.98 Å². The first-order valence-electron chi connectivity index (χ1n) is 10.3. The maximum Gasteiger partial charge on any atom is 0.251 e. The predicted molar refractivity (Wildman–Crippen MR) is 118 cm³/mol. The number of nitrogens with one attached hydrogen (secondary N) is 2. The van der Waals surface area contributed by atoms with Crippen LogP contribution in [0.5, 0.6) is 0 Å². The fourth-order valence-electron chi connectivity index (χ4n) is 3.80. The molecule has 30 heavy (non-hydrogen) atoms. The predicted octanol–water partition coefficient (Wildman–Crippen LogP) is 3.43. The minimum Gasteiger partial charge on any atom is -0.355 e. The molecule has 2 aromatic carbocycles. The third-order valence-corrected chi connectivity index (χ3v) is 5.43. The van der Waals surface area contributed by atoms with Crippen LogP contribution in [0, 0.1) is 5.92 Å². The van der Waals surface area contributed by atoms with Crippen molar-refractivity contribution in [2.75, 3.05) is 30.4 Å². The zero-order valence-corrected chi connectivity index (χ0v) is 17.1. The van der Waals surface area contributed by atoms with Crippen LogP contribution in [-0.4, -0.2) is 41.0 Å². The topological polar surface area (TPSA) is 83.0 Å². The molecule has 0 spiro atoms. The lowest BCUT2D eigenvalue weighted by atomic mass is 9.90. The van der Waals surface area contributed by atoms with Crippen LogP contribution in [-0.2, 0) is 6.42 Å². The lowest BCUT2D eigenvalue weighted by molar-refractivity contribution is 0.0963. The molecule has 0 saturated carbocycles. The summed E-state index contributed by atoms with van der Waals surface area (Å²) in [4.78, 5) is 27.2. The first-order chi connectivity index (χ1) is 14.7. The molecule has 7 heteroatoms. The summed E-state index contributed by atoms with van der Waals surface area (Å²) in [5.41, 5.74) is 2.74. The zero-order valence-electron chi connectivity index (χ0n) is 17.1. The number of aromatic nitrogens is 3. The number of carbonyl (C=O) groups is 1. The van der Waals surface area contributed by atoms with Gasteiger partial charge >= 0.3 is 0 Å². The van der Waals surface area contributed by atoms with Gasteiger partial charge in [0.1, 0.15) is 6.33 Å². The van der Waals surface area contributed by atoms with Gasteiger partial charge < -0.3 is 15.5 Å². The summed E-state index contributed by atoms with van der Waals surface area (Å²) in [6.45, 7) is 1.88. The van der Waals surface area contributed by atoms with Gasteiger partial charge in [-0.05, 0) is 48.9 Å². The second-order valence-corrected chi connectivity index (χ2v) is 7.51. The lowest BCUT2D eigenvalue weighted by Gasteiger charge is -2.32. The van der Waals surface area contributed by atoms with E-state index in [0.29, 0.717) is 23.4 Å². The molecule has 2 heterocycles. The fraction of sp³-hybridized carbons (Fsp3) is 0.304. The van der Waals surface area contributed by atoms with Gasteiger partial charge in [0.15, 0.2) is 0 Å². The standard InChI is InChI=1S/C23H26N6O/c1-24-21(30)19-8-5-9-20(15-19)27-22-25-16-26-23(28-22)29-12-10-18(11-13-29)14-17-6-3-2-4-7-17/h2-9,15-16,18H,10-14H2,1H3,(H,24,30)(H,25,26,27,28). The number of piperidine rings is 1. The molecule has 1 aliphatic heterocycles. The van der Waals surface area contributed by atoms with Gasteiger partial charge in [-0.25, -0.2) is 9.97 Å². The van der Waals surface area contributed by atoms with Crippen LogP contribution < -0.4 is 15.5 Å². The van der Waals surface area contributed by atoms with Crippen molar-refractivity contribution in [2.24, 2.45) is 5.92 Å². The van der Waals surface area contributed by atoms with Crippen molar-refractivity contribution >= 4 is 23.5 Å². The van der Waals surface area contributed by atoms with Crippen LogP contribution in [0.1, 0.15) is 28.8 Å². The van der Waals surface area contributed by atoms with E-state index in [1.807, 2.05) is 12.1 Å². The van der Waals surface area contributed by atoms with E-state index in [2.05, 4.69) is 60.8 Å². The first kappa shape index (κ1) is 19.8. The molecule has 154 valence electrons. The summed E-state index contributed by atoms with van der Waals surface area (Å²) in [6, 6.07) is 17.9. The molecule has 3 aromatic rings. The molecule has 4 rings (SSSR count). The van der Waals surface area contributed by atoms with Crippen molar-refractivity contribution in [2.45, 2.75) is 19.3 Å². The van der Waals surface area contributed by atoms with Crippen LogP contribution >= 0.6 is 0 Å². The molecule has 7 nitrogen and oxygen atoms in total. The number of rotatable bonds is 6. The fourth-order valence-corrected chi connectivity index (χ4v) is 3.80. The van der Waals surface area contributed by atoms with Crippen LogP contribution in [0.25, 0.3) is 0 Å². The van der Waals surface area contributed by atoms with Crippen LogP contribution in [0.2, 0.25) is 0 Å². The normalized spacial score (nSPS) is 14.4. The smallest absolute Gasteiger partial charge is 0.251 e. The van der Waals surface area contributed by atoms with Crippen molar-refractivity contribution in [3.63, 3.8) is 0 Å². The maximum absolute atomic E-state index is 11.8. The third kappa shape index (κ3) is 4.92. The monoisotopic (exact) mass is 402 g/mol. The minimum atomic E-state index is -0.131. The van der Waals surface area contributed by atoms with E-state index in [1.165, 1.54) is 11.9 Å². The molecule has 0 aliphatic carbocycles. The van der Waals surface area contributed by atoms with Crippen molar-refractivity contribution in [3.05, 3.63) is 72.1 Å². The summed E-state index contributed by atoms with van der Waals surface area (Å²) in [5, 5.41) is 5.80. The third-order valence-electron chi connectivity index (χ3n) is 5.43. The van der Waals surface area contributed by atoms with E-state index in [9.17, 15) is 4.79 Å². The van der Waals surface area contributed by atoms with Crippen LogP contribution in [0.15, 0.2) is 60.9 Å². The number of hydrogen-bond acceptors (Lipinski definition) is 6. The molecular weight excluding hydrogens is 376 g/mol. The highest BCUT2D eigenvalue weighted by atomic mass is 16.1. The Morgan fingerprint density at radius 3 is 2.63 bits per heavy atom. The van der Waals surface area contributed by atoms with Gasteiger partial charge in [0, 0.05) is 31.4 Å². The number of benzene rings is 2. The van der Waals surface area contributed by atoms with Crippen LogP contribution in [0.3, 0.4) is 0 Å². The van der Waals surface area contributed by atoms with Gasteiger partial charge in [-0.3, -0.25) is 4.79 Å². The van der Waals surface area contributed by atoms with Crippen molar-refractivity contribution in [1.29, 1.82) is 0 Å². The Kier molecular flexibility index (Phi) is 6.17. The molecule has 0 bridgehead atoms. The molecule has 1 amide bonds. The molecule has 1 aliphatic rings. The van der Waals surface area contributed by atoms with Gasteiger partial charge in [0.05, 0.1) is 0 Å². The lowest BCUT2D eigenvalue weighted by Crippen LogP contribution is -2.35.